The molecule has 0 atom stereocenters. The number of methoxy groups -OCH3 is 1. The highest BCUT2D eigenvalue weighted by Crippen LogP contribution is 2.30. The summed E-state index contributed by atoms with van der Waals surface area (Å²) in [6.07, 6.45) is 1.49. The van der Waals surface area contributed by atoms with E-state index in [1.807, 2.05) is 0 Å². The van der Waals surface area contributed by atoms with Crippen molar-refractivity contribution < 1.29 is 24.1 Å². The molecule has 6 heteroatoms. The number of nitriles is 1. The van der Waals surface area contributed by atoms with Gasteiger partial charge in [-0.25, -0.2) is 4.79 Å². The SMILES string of the molecule is COC(=O)c1ccc(COc2ccc(O)c(OC#N)c2)cc1. The molecule has 0 heterocycles. The Bertz CT molecular complexity index is 703. The van der Waals surface area contributed by atoms with Crippen molar-refractivity contribution in [2.45, 2.75) is 6.61 Å². The monoisotopic (exact) mass is 299 g/mol. The molecule has 0 aliphatic heterocycles. The van der Waals surface area contributed by atoms with Gasteiger partial charge in [0.25, 0.3) is 6.26 Å². The molecule has 0 radical (unpaired) electrons. The molecular weight excluding hydrogens is 286 g/mol. The van der Waals surface area contributed by atoms with Gasteiger partial charge in [-0.3, -0.25) is 0 Å². The van der Waals surface area contributed by atoms with E-state index in [4.69, 9.17) is 10.00 Å². The smallest absolute Gasteiger partial charge is 0.337 e. The second-order valence-corrected chi connectivity index (χ2v) is 4.30. The van der Waals surface area contributed by atoms with Gasteiger partial charge in [0.15, 0.2) is 11.5 Å². The Balaban J connectivity index is 2.02. The van der Waals surface area contributed by atoms with Gasteiger partial charge in [0.1, 0.15) is 12.4 Å². The van der Waals surface area contributed by atoms with Crippen molar-refractivity contribution in [1.82, 2.24) is 0 Å². The van der Waals surface area contributed by atoms with Crippen LogP contribution in [0.25, 0.3) is 0 Å². The molecule has 112 valence electrons. The maximum Gasteiger partial charge on any atom is 0.337 e. The number of phenolic OH excluding ortho intramolecular Hbond substituents is 1. The van der Waals surface area contributed by atoms with Crippen LogP contribution in [0.5, 0.6) is 17.2 Å². The molecule has 2 aromatic rings. The number of phenols is 1. The summed E-state index contributed by atoms with van der Waals surface area (Å²) in [4.78, 5) is 11.3. The van der Waals surface area contributed by atoms with Crippen molar-refractivity contribution in [2.24, 2.45) is 0 Å². The second-order valence-electron chi connectivity index (χ2n) is 4.30. The Morgan fingerprint density at radius 3 is 2.59 bits per heavy atom. The van der Waals surface area contributed by atoms with E-state index in [0.29, 0.717) is 11.3 Å². The fraction of sp³-hybridized carbons (Fsp3) is 0.125. The van der Waals surface area contributed by atoms with Gasteiger partial charge in [-0.05, 0) is 29.8 Å². The van der Waals surface area contributed by atoms with E-state index in [1.165, 1.54) is 25.5 Å². The van der Waals surface area contributed by atoms with E-state index >= 15 is 0 Å². The predicted molar refractivity (Wildman–Crippen MR) is 76.5 cm³/mol. The first kappa shape index (κ1) is 15.2. The third-order valence-electron chi connectivity index (χ3n) is 2.87. The molecule has 0 fully saturated rings. The lowest BCUT2D eigenvalue weighted by atomic mass is 10.1. The van der Waals surface area contributed by atoms with Crippen molar-refractivity contribution in [2.75, 3.05) is 7.11 Å². The molecule has 6 nitrogen and oxygen atoms in total. The van der Waals surface area contributed by atoms with Crippen molar-refractivity contribution in [3.63, 3.8) is 0 Å². The van der Waals surface area contributed by atoms with Crippen molar-refractivity contribution in [1.29, 1.82) is 5.26 Å². The lowest BCUT2D eigenvalue weighted by Crippen LogP contribution is -2.02. The Labute approximate surface area is 127 Å². The average molecular weight is 299 g/mol. The van der Waals surface area contributed by atoms with Crippen LogP contribution in [-0.4, -0.2) is 18.2 Å². The van der Waals surface area contributed by atoms with Gasteiger partial charge in [-0.15, -0.1) is 5.26 Å². The molecule has 22 heavy (non-hydrogen) atoms. The van der Waals surface area contributed by atoms with Gasteiger partial charge in [0, 0.05) is 6.07 Å². The van der Waals surface area contributed by atoms with E-state index in [-0.39, 0.29) is 18.1 Å². The lowest BCUT2D eigenvalue weighted by Gasteiger charge is -2.08. The van der Waals surface area contributed by atoms with Crippen LogP contribution in [0.1, 0.15) is 15.9 Å². The molecule has 0 aliphatic carbocycles. The second kappa shape index (κ2) is 6.99. The summed E-state index contributed by atoms with van der Waals surface area (Å²) < 4.78 is 14.8. The molecule has 0 aliphatic rings. The van der Waals surface area contributed by atoms with Crippen LogP contribution >= 0.6 is 0 Å². The number of hydrogen-bond acceptors (Lipinski definition) is 6. The van der Waals surface area contributed by atoms with Crippen molar-refractivity contribution in [3.8, 4) is 23.5 Å². The maximum absolute atomic E-state index is 11.3. The summed E-state index contributed by atoms with van der Waals surface area (Å²) in [6.45, 7) is 0.262. The molecule has 0 bridgehead atoms. The summed E-state index contributed by atoms with van der Waals surface area (Å²) in [5.74, 6) is -0.0678. The summed E-state index contributed by atoms with van der Waals surface area (Å²) >= 11 is 0. The number of carbonyl (C=O) groups is 1. The van der Waals surface area contributed by atoms with Crippen molar-refractivity contribution >= 4 is 5.97 Å². The number of aromatic hydroxyl groups is 1. The number of benzene rings is 2. The minimum Gasteiger partial charge on any atom is -0.504 e. The summed E-state index contributed by atoms with van der Waals surface area (Å²) in [7, 11) is 1.32. The molecule has 0 unspecified atom stereocenters. The Hall–Kier alpha value is -3.20. The molecule has 0 saturated heterocycles. The van der Waals surface area contributed by atoms with Crippen LogP contribution in [0, 0.1) is 11.5 Å². The predicted octanol–water partition coefficient (Wildman–Crippen LogP) is 2.62. The van der Waals surface area contributed by atoms with E-state index in [9.17, 15) is 9.90 Å². The van der Waals surface area contributed by atoms with Gasteiger partial charge < -0.3 is 19.3 Å². The van der Waals surface area contributed by atoms with E-state index in [1.54, 1.807) is 30.3 Å². The molecule has 1 N–H and O–H groups in total. The number of carbonyl (C=O) groups excluding carboxylic acids is 1. The van der Waals surface area contributed by atoms with Gasteiger partial charge in [0.2, 0.25) is 0 Å². The van der Waals surface area contributed by atoms with Crippen LogP contribution in [0.2, 0.25) is 0 Å². The topological polar surface area (TPSA) is 88.8 Å². The molecule has 0 aromatic heterocycles. The third-order valence-corrected chi connectivity index (χ3v) is 2.87. The van der Waals surface area contributed by atoms with Crippen molar-refractivity contribution in [3.05, 3.63) is 53.6 Å². The standard InChI is InChI=1S/C16H13NO5/c1-20-16(19)12-4-2-11(3-5-12)9-21-13-6-7-14(18)15(8-13)22-10-17/h2-8,18H,9H2,1H3. The average Bonchev–Trinajstić information content (AvgIpc) is 2.55. The van der Waals surface area contributed by atoms with Gasteiger partial charge >= 0.3 is 5.97 Å². The third kappa shape index (κ3) is 3.67. The molecule has 0 spiro atoms. The molecule has 0 amide bonds. The first-order valence-electron chi connectivity index (χ1n) is 6.33. The first-order valence-corrected chi connectivity index (χ1v) is 6.33. The maximum atomic E-state index is 11.3. The first-order chi connectivity index (χ1) is 10.6. The Morgan fingerprint density at radius 1 is 1.23 bits per heavy atom. The van der Waals surface area contributed by atoms with Crippen LogP contribution < -0.4 is 9.47 Å². The Morgan fingerprint density at radius 2 is 1.95 bits per heavy atom. The van der Waals surface area contributed by atoms with Crippen LogP contribution in [-0.2, 0) is 11.3 Å². The van der Waals surface area contributed by atoms with E-state index in [2.05, 4.69) is 9.47 Å². The molecule has 2 aromatic carbocycles. The highest BCUT2D eigenvalue weighted by atomic mass is 16.5. The fourth-order valence-electron chi connectivity index (χ4n) is 1.74. The molecular formula is C16H13NO5. The minimum absolute atomic E-state index is 0.0287. The highest BCUT2D eigenvalue weighted by Gasteiger charge is 2.07. The summed E-state index contributed by atoms with van der Waals surface area (Å²) in [5, 5.41) is 18.0. The lowest BCUT2D eigenvalue weighted by molar-refractivity contribution is 0.0600. The van der Waals surface area contributed by atoms with Gasteiger partial charge in [-0.2, -0.15) is 0 Å². The number of hydrogen-bond donors (Lipinski definition) is 1. The van der Waals surface area contributed by atoms with E-state index < -0.39 is 5.97 Å². The van der Waals surface area contributed by atoms with E-state index in [0.717, 1.165) is 5.56 Å². The summed E-state index contributed by atoms with van der Waals surface area (Å²) in [5.41, 5.74) is 1.31. The largest absolute Gasteiger partial charge is 0.504 e. The van der Waals surface area contributed by atoms with Crippen LogP contribution in [0.4, 0.5) is 0 Å². The fourth-order valence-corrected chi connectivity index (χ4v) is 1.74. The summed E-state index contributed by atoms with van der Waals surface area (Å²) in [6, 6.07) is 11.1. The van der Waals surface area contributed by atoms with Gasteiger partial charge in [-0.1, -0.05) is 12.1 Å². The zero-order valence-electron chi connectivity index (χ0n) is 11.8. The number of ether oxygens (including phenoxy) is 3. The zero-order chi connectivity index (χ0) is 15.9. The molecule has 2 rings (SSSR count). The van der Waals surface area contributed by atoms with Crippen LogP contribution in [0.15, 0.2) is 42.5 Å². The molecule has 0 saturated carbocycles. The van der Waals surface area contributed by atoms with Crippen LogP contribution in [0.3, 0.4) is 0 Å². The number of rotatable bonds is 5. The number of esters is 1. The van der Waals surface area contributed by atoms with Gasteiger partial charge in [0.05, 0.1) is 12.7 Å². The Kier molecular flexibility index (Phi) is 4.83. The zero-order valence-corrected chi connectivity index (χ0v) is 11.8. The quantitative estimate of drug-likeness (QED) is 0.674. The minimum atomic E-state index is -0.399. The number of nitrogens with zero attached hydrogens (tertiary/aromatic N) is 1. The highest BCUT2D eigenvalue weighted by molar-refractivity contribution is 5.89. The normalized spacial score (nSPS) is 9.64.